The van der Waals surface area contributed by atoms with E-state index in [0.717, 1.165) is 6.42 Å². The number of carboxylic acids is 2. The van der Waals surface area contributed by atoms with Crippen molar-refractivity contribution < 1.29 is 39.3 Å². The Bertz CT molecular complexity index is 673. The number of amides is 3. The van der Waals surface area contributed by atoms with Gasteiger partial charge in [0, 0.05) is 12.8 Å². The minimum Gasteiger partial charge on any atom is -0.480 e. The summed E-state index contributed by atoms with van der Waals surface area (Å²) in [5, 5.41) is 34.9. The highest BCUT2D eigenvalue weighted by molar-refractivity contribution is 5.90. The number of carbonyl (C=O) groups excluding carboxylic acids is 3. The molecule has 0 aromatic rings. The van der Waals surface area contributed by atoms with Crippen LogP contribution in [-0.2, 0) is 24.0 Å². The highest BCUT2D eigenvalue weighted by Crippen LogP contribution is 2.07. The summed E-state index contributed by atoms with van der Waals surface area (Å²) in [6, 6.07) is -3.93. The molecule has 0 spiro atoms. The van der Waals surface area contributed by atoms with Crippen molar-refractivity contribution in [3.63, 3.8) is 0 Å². The van der Waals surface area contributed by atoms with Crippen molar-refractivity contribution in [3.8, 4) is 0 Å². The average Bonchev–Trinajstić information content (AvgIpc) is 2.74. The molecule has 12 nitrogen and oxygen atoms in total. The van der Waals surface area contributed by atoms with Crippen molar-refractivity contribution in [3.05, 3.63) is 0 Å². The molecule has 0 aliphatic heterocycles. The van der Waals surface area contributed by atoms with Gasteiger partial charge in [-0.25, -0.2) is 4.79 Å². The number of nitrogens with one attached hydrogen (secondary N) is 3. The molecule has 0 fully saturated rings. The number of aliphatic hydroxyl groups is 1. The van der Waals surface area contributed by atoms with Crippen molar-refractivity contribution in [1.29, 1.82) is 0 Å². The minimum atomic E-state index is -1.33. The molecule has 0 bridgehead atoms. The van der Waals surface area contributed by atoms with Crippen LogP contribution in [0.5, 0.6) is 0 Å². The predicted molar refractivity (Wildman–Crippen MR) is 119 cm³/mol. The van der Waals surface area contributed by atoms with Crippen molar-refractivity contribution >= 4 is 29.7 Å². The number of carboxylic acid groups (broad SMARTS) is 2. The lowest BCUT2D eigenvalue weighted by molar-refractivity contribution is -0.142. The lowest BCUT2D eigenvalue weighted by Gasteiger charge is -2.20. The van der Waals surface area contributed by atoms with Gasteiger partial charge in [-0.3, -0.25) is 19.2 Å². The maximum atomic E-state index is 12.3. The van der Waals surface area contributed by atoms with Crippen LogP contribution in [0, 0.1) is 5.92 Å². The van der Waals surface area contributed by atoms with Crippen molar-refractivity contribution in [2.75, 3.05) is 6.61 Å². The van der Waals surface area contributed by atoms with Gasteiger partial charge in [0.2, 0.25) is 17.7 Å². The third kappa shape index (κ3) is 13.4. The molecule has 5 atom stereocenters. The van der Waals surface area contributed by atoms with E-state index in [1.165, 1.54) is 6.92 Å². The van der Waals surface area contributed by atoms with Gasteiger partial charge < -0.3 is 37.0 Å². The molecular formula is C21H38N4O8. The molecular weight excluding hydrogens is 436 g/mol. The van der Waals surface area contributed by atoms with E-state index in [2.05, 4.69) is 16.0 Å². The Morgan fingerprint density at radius 1 is 0.879 bits per heavy atom. The average molecular weight is 475 g/mol. The molecule has 12 heteroatoms. The quantitative estimate of drug-likeness (QED) is 0.142. The van der Waals surface area contributed by atoms with Crippen LogP contribution in [0.4, 0.5) is 0 Å². The molecule has 0 radical (unpaired) electrons. The third-order valence-electron chi connectivity index (χ3n) is 5.25. The van der Waals surface area contributed by atoms with Gasteiger partial charge in [0.05, 0.1) is 12.6 Å². The standard InChI is InChI=1S/C21H38N4O8/c1-4-12(2)10-18(28)23-13(3)19(29)25-16(21(32)33)8-9-17(27)24-14(11-26)6-5-7-15(22)20(30)31/h12-16,26H,4-11,22H2,1-3H3,(H,23,28)(H,24,27)(H,25,29)(H,30,31)(H,32,33). The van der Waals surface area contributed by atoms with E-state index in [-0.39, 0.29) is 44.1 Å². The first-order valence-electron chi connectivity index (χ1n) is 11.1. The topological polar surface area (TPSA) is 208 Å². The third-order valence-corrected chi connectivity index (χ3v) is 5.25. The first-order chi connectivity index (χ1) is 15.4. The second-order valence-electron chi connectivity index (χ2n) is 8.27. The maximum absolute atomic E-state index is 12.3. The number of carbonyl (C=O) groups is 5. The van der Waals surface area contributed by atoms with E-state index in [4.69, 9.17) is 10.8 Å². The summed E-state index contributed by atoms with van der Waals surface area (Å²) >= 11 is 0. The Balaban J connectivity index is 4.57. The number of hydrogen-bond donors (Lipinski definition) is 7. The van der Waals surface area contributed by atoms with Gasteiger partial charge in [-0.15, -0.1) is 0 Å². The first-order valence-corrected chi connectivity index (χ1v) is 11.1. The molecule has 0 aromatic heterocycles. The second-order valence-corrected chi connectivity index (χ2v) is 8.27. The van der Waals surface area contributed by atoms with E-state index in [1.54, 1.807) is 0 Å². The number of rotatable bonds is 17. The Morgan fingerprint density at radius 3 is 2.03 bits per heavy atom. The predicted octanol–water partition coefficient (Wildman–Crippen LogP) is -0.664. The van der Waals surface area contributed by atoms with E-state index < -0.39 is 47.9 Å². The van der Waals surface area contributed by atoms with Crippen LogP contribution in [0.1, 0.15) is 65.7 Å². The van der Waals surface area contributed by atoms with Gasteiger partial charge in [-0.2, -0.15) is 0 Å². The summed E-state index contributed by atoms with van der Waals surface area (Å²) in [6.45, 7) is 4.92. The molecule has 190 valence electrons. The van der Waals surface area contributed by atoms with Crippen LogP contribution in [0.2, 0.25) is 0 Å². The normalized spacial score (nSPS) is 15.4. The highest BCUT2D eigenvalue weighted by Gasteiger charge is 2.25. The van der Waals surface area contributed by atoms with Gasteiger partial charge in [0.15, 0.2) is 0 Å². The van der Waals surface area contributed by atoms with Gasteiger partial charge in [0.1, 0.15) is 18.1 Å². The molecule has 0 rings (SSSR count). The Morgan fingerprint density at radius 2 is 1.52 bits per heavy atom. The summed E-state index contributed by atoms with van der Waals surface area (Å²) in [7, 11) is 0. The fourth-order valence-corrected chi connectivity index (χ4v) is 2.87. The van der Waals surface area contributed by atoms with Gasteiger partial charge in [-0.1, -0.05) is 20.3 Å². The zero-order valence-electron chi connectivity index (χ0n) is 19.5. The summed E-state index contributed by atoms with van der Waals surface area (Å²) in [4.78, 5) is 58.5. The zero-order chi connectivity index (χ0) is 25.6. The molecule has 0 heterocycles. The fourth-order valence-electron chi connectivity index (χ4n) is 2.87. The van der Waals surface area contributed by atoms with Crippen LogP contribution in [0.15, 0.2) is 0 Å². The van der Waals surface area contributed by atoms with E-state index in [1.807, 2.05) is 13.8 Å². The molecule has 0 aliphatic carbocycles. The molecule has 0 saturated heterocycles. The van der Waals surface area contributed by atoms with Crippen LogP contribution < -0.4 is 21.7 Å². The summed E-state index contributed by atoms with van der Waals surface area (Å²) < 4.78 is 0. The molecule has 0 aliphatic rings. The highest BCUT2D eigenvalue weighted by atomic mass is 16.4. The monoisotopic (exact) mass is 474 g/mol. The zero-order valence-corrected chi connectivity index (χ0v) is 19.5. The fraction of sp³-hybridized carbons (Fsp3) is 0.762. The van der Waals surface area contributed by atoms with Gasteiger partial charge >= 0.3 is 11.9 Å². The number of nitrogens with two attached hydrogens (primary N) is 1. The van der Waals surface area contributed by atoms with E-state index in [9.17, 15) is 34.2 Å². The molecule has 8 N–H and O–H groups in total. The molecule has 3 amide bonds. The lowest BCUT2D eigenvalue weighted by Crippen LogP contribution is -2.50. The van der Waals surface area contributed by atoms with Crippen LogP contribution in [0.3, 0.4) is 0 Å². The minimum absolute atomic E-state index is 0.155. The SMILES string of the molecule is CCC(C)CC(=O)NC(C)C(=O)NC(CCC(=O)NC(CO)CCCC(N)C(=O)O)C(=O)O. The molecule has 0 aromatic carbocycles. The number of hydrogen-bond acceptors (Lipinski definition) is 7. The smallest absolute Gasteiger partial charge is 0.326 e. The van der Waals surface area contributed by atoms with Crippen molar-refractivity contribution in [1.82, 2.24) is 16.0 Å². The van der Waals surface area contributed by atoms with Crippen LogP contribution in [-0.4, -0.2) is 75.8 Å². The van der Waals surface area contributed by atoms with Crippen LogP contribution in [0.25, 0.3) is 0 Å². The van der Waals surface area contributed by atoms with Crippen molar-refractivity contribution in [2.24, 2.45) is 11.7 Å². The number of aliphatic hydroxyl groups excluding tert-OH is 1. The van der Waals surface area contributed by atoms with Gasteiger partial charge in [0.25, 0.3) is 0 Å². The Hall–Kier alpha value is -2.73. The summed E-state index contributed by atoms with van der Waals surface area (Å²) in [6.07, 6.45) is 1.50. The van der Waals surface area contributed by atoms with Crippen LogP contribution >= 0.6 is 0 Å². The second kappa shape index (κ2) is 16.0. The first kappa shape index (κ1) is 30.3. The molecule has 5 unspecified atom stereocenters. The molecule has 0 saturated carbocycles. The molecule has 33 heavy (non-hydrogen) atoms. The number of aliphatic carboxylic acids is 2. The van der Waals surface area contributed by atoms with Crippen molar-refractivity contribution in [2.45, 2.75) is 89.9 Å². The summed E-state index contributed by atoms with van der Waals surface area (Å²) in [5.74, 6) is -3.81. The summed E-state index contributed by atoms with van der Waals surface area (Å²) in [5.41, 5.74) is 5.41. The largest absolute Gasteiger partial charge is 0.480 e. The maximum Gasteiger partial charge on any atom is 0.326 e. The van der Waals surface area contributed by atoms with E-state index >= 15 is 0 Å². The van der Waals surface area contributed by atoms with Gasteiger partial charge in [-0.05, 0) is 38.5 Å². The Labute approximate surface area is 193 Å². The van der Waals surface area contributed by atoms with E-state index in [0.29, 0.717) is 12.8 Å². The Kier molecular flexibility index (Phi) is 14.7. The lowest BCUT2D eigenvalue weighted by atomic mass is 10.0.